The molecular formula is C15H17Cl2NO2. The first-order valence-electron chi connectivity index (χ1n) is 6.37. The molecule has 0 N–H and O–H groups in total. The molecule has 0 bridgehead atoms. The van der Waals surface area contributed by atoms with Crippen LogP contribution in [0.2, 0.25) is 10.0 Å². The van der Waals surface area contributed by atoms with E-state index in [1.807, 2.05) is 6.07 Å². The van der Waals surface area contributed by atoms with E-state index in [1.54, 1.807) is 20.3 Å². The fraction of sp³-hybridized carbons (Fsp3) is 0.400. The Labute approximate surface area is 128 Å². The average Bonchev–Trinajstić information content (AvgIpc) is 2.37. The molecule has 5 heteroatoms. The number of rotatable bonds is 4. The Hall–Kier alpha value is -1.19. The summed E-state index contributed by atoms with van der Waals surface area (Å²) >= 11 is 12.6. The van der Waals surface area contributed by atoms with Crippen LogP contribution in [0.15, 0.2) is 12.1 Å². The van der Waals surface area contributed by atoms with Crippen LogP contribution in [-0.4, -0.2) is 19.2 Å². The molecule has 0 fully saturated rings. The van der Waals surface area contributed by atoms with E-state index < -0.39 is 0 Å². The van der Waals surface area contributed by atoms with Crippen molar-refractivity contribution in [2.45, 2.75) is 20.3 Å². The van der Waals surface area contributed by atoms with Gasteiger partial charge in [0.15, 0.2) is 0 Å². The molecule has 1 heterocycles. The molecule has 3 nitrogen and oxygen atoms in total. The molecule has 1 aromatic heterocycles. The monoisotopic (exact) mass is 313 g/mol. The lowest BCUT2D eigenvalue weighted by molar-refractivity contribution is 0.410. The largest absolute Gasteiger partial charge is 0.494 e. The fourth-order valence-electron chi connectivity index (χ4n) is 2.20. The van der Waals surface area contributed by atoms with E-state index in [0.717, 1.165) is 12.1 Å². The fourth-order valence-corrected chi connectivity index (χ4v) is 2.78. The van der Waals surface area contributed by atoms with Crippen LogP contribution >= 0.6 is 23.2 Å². The summed E-state index contributed by atoms with van der Waals surface area (Å²) in [5.41, 5.74) is 1.61. The number of hydrogen-bond donors (Lipinski definition) is 0. The number of halogens is 2. The summed E-state index contributed by atoms with van der Waals surface area (Å²) in [5, 5.41) is 1.71. The molecule has 0 aliphatic rings. The van der Waals surface area contributed by atoms with Crippen molar-refractivity contribution >= 4 is 34.1 Å². The highest BCUT2D eigenvalue weighted by molar-refractivity contribution is 6.38. The SMILES string of the molecule is COc1cc(Cl)c(OC)c2c(Cl)cc(CC(C)C)nc12. The van der Waals surface area contributed by atoms with Crippen LogP contribution < -0.4 is 9.47 Å². The Bertz CT molecular complexity index is 642. The van der Waals surface area contributed by atoms with Crippen LogP contribution in [0.25, 0.3) is 10.9 Å². The molecule has 0 radical (unpaired) electrons. The third-order valence-electron chi connectivity index (χ3n) is 3.00. The minimum absolute atomic E-state index is 0.456. The molecule has 0 unspecified atom stereocenters. The highest BCUT2D eigenvalue weighted by Gasteiger charge is 2.17. The van der Waals surface area contributed by atoms with E-state index in [1.165, 1.54) is 0 Å². The number of ether oxygens (including phenoxy) is 2. The quantitative estimate of drug-likeness (QED) is 0.815. The minimum atomic E-state index is 0.456. The average molecular weight is 314 g/mol. The van der Waals surface area contributed by atoms with Crippen molar-refractivity contribution in [2.75, 3.05) is 14.2 Å². The lowest BCUT2D eigenvalue weighted by Gasteiger charge is -2.14. The molecule has 0 saturated carbocycles. The Kier molecular flexibility index (Phi) is 4.61. The molecule has 0 aliphatic carbocycles. The van der Waals surface area contributed by atoms with E-state index in [2.05, 4.69) is 18.8 Å². The topological polar surface area (TPSA) is 31.4 Å². The van der Waals surface area contributed by atoms with E-state index in [9.17, 15) is 0 Å². The Morgan fingerprint density at radius 1 is 1.10 bits per heavy atom. The van der Waals surface area contributed by atoms with Crippen LogP contribution in [-0.2, 0) is 6.42 Å². The van der Waals surface area contributed by atoms with Crippen LogP contribution in [0.3, 0.4) is 0 Å². The van der Waals surface area contributed by atoms with Gasteiger partial charge in [-0.25, -0.2) is 4.98 Å². The van der Waals surface area contributed by atoms with Gasteiger partial charge in [0.2, 0.25) is 0 Å². The first-order chi connectivity index (χ1) is 9.47. The number of fused-ring (bicyclic) bond motifs is 1. The zero-order valence-electron chi connectivity index (χ0n) is 12.0. The van der Waals surface area contributed by atoms with Gasteiger partial charge in [0.1, 0.15) is 17.0 Å². The molecule has 1 aromatic carbocycles. The maximum atomic E-state index is 6.40. The normalized spacial score (nSPS) is 11.2. The summed E-state index contributed by atoms with van der Waals surface area (Å²) in [7, 11) is 3.15. The number of benzene rings is 1. The van der Waals surface area contributed by atoms with Gasteiger partial charge in [-0.1, -0.05) is 37.0 Å². The van der Waals surface area contributed by atoms with Crippen molar-refractivity contribution in [3.63, 3.8) is 0 Å². The van der Waals surface area contributed by atoms with E-state index in [0.29, 0.717) is 38.4 Å². The predicted molar refractivity (Wildman–Crippen MR) is 83.4 cm³/mol. The lowest BCUT2D eigenvalue weighted by atomic mass is 10.1. The Morgan fingerprint density at radius 2 is 1.80 bits per heavy atom. The van der Waals surface area contributed by atoms with Gasteiger partial charge < -0.3 is 9.47 Å². The Balaban J connectivity index is 2.78. The van der Waals surface area contributed by atoms with Crippen molar-refractivity contribution in [3.8, 4) is 11.5 Å². The number of methoxy groups -OCH3 is 2. The molecule has 108 valence electrons. The van der Waals surface area contributed by atoms with Crippen LogP contribution in [0, 0.1) is 5.92 Å². The summed E-state index contributed by atoms with van der Waals surface area (Å²) in [6, 6.07) is 3.56. The highest BCUT2D eigenvalue weighted by atomic mass is 35.5. The van der Waals surface area contributed by atoms with Gasteiger partial charge in [0.05, 0.1) is 29.7 Å². The molecule has 0 spiro atoms. The second kappa shape index (κ2) is 6.06. The summed E-state index contributed by atoms with van der Waals surface area (Å²) in [6.45, 7) is 4.28. The summed E-state index contributed by atoms with van der Waals surface area (Å²) in [5.74, 6) is 1.62. The number of aromatic nitrogens is 1. The minimum Gasteiger partial charge on any atom is -0.494 e. The van der Waals surface area contributed by atoms with Gasteiger partial charge in [-0.15, -0.1) is 0 Å². The van der Waals surface area contributed by atoms with Gasteiger partial charge in [0, 0.05) is 11.8 Å². The van der Waals surface area contributed by atoms with Gasteiger partial charge >= 0.3 is 0 Å². The van der Waals surface area contributed by atoms with Crippen molar-refractivity contribution in [2.24, 2.45) is 5.92 Å². The second-order valence-corrected chi connectivity index (χ2v) is 5.83. The first-order valence-corrected chi connectivity index (χ1v) is 7.13. The van der Waals surface area contributed by atoms with Crippen molar-refractivity contribution in [1.82, 2.24) is 4.98 Å². The molecule has 0 atom stereocenters. The molecular weight excluding hydrogens is 297 g/mol. The van der Waals surface area contributed by atoms with Crippen molar-refractivity contribution in [3.05, 3.63) is 27.9 Å². The molecule has 0 saturated heterocycles. The maximum Gasteiger partial charge on any atom is 0.148 e. The summed E-state index contributed by atoms with van der Waals surface area (Å²) in [6.07, 6.45) is 0.851. The maximum absolute atomic E-state index is 6.40. The number of hydrogen-bond acceptors (Lipinski definition) is 3. The zero-order valence-corrected chi connectivity index (χ0v) is 13.5. The molecule has 0 amide bonds. The van der Waals surface area contributed by atoms with Gasteiger partial charge in [0.25, 0.3) is 0 Å². The molecule has 0 aliphatic heterocycles. The number of nitrogens with zero attached hydrogens (tertiary/aromatic N) is 1. The third-order valence-corrected chi connectivity index (χ3v) is 3.58. The first kappa shape index (κ1) is 15.2. The standard InChI is InChI=1S/C15H17Cl2NO2/c1-8(2)5-9-6-10(16)13-14(18-9)12(19-3)7-11(17)15(13)20-4/h6-8H,5H2,1-4H3. The van der Waals surface area contributed by atoms with E-state index in [-0.39, 0.29) is 0 Å². The van der Waals surface area contributed by atoms with Gasteiger partial charge in [-0.05, 0) is 18.4 Å². The lowest BCUT2D eigenvalue weighted by Crippen LogP contribution is -2.00. The smallest absolute Gasteiger partial charge is 0.148 e. The van der Waals surface area contributed by atoms with Gasteiger partial charge in [-0.2, -0.15) is 0 Å². The van der Waals surface area contributed by atoms with Gasteiger partial charge in [-0.3, -0.25) is 0 Å². The van der Waals surface area contributed by atoms with E-state index >= 15 is 0 Å². The Morgan fingerprint density at radius 3 is 2.35 bits per heavy atom. The number of pyridine rings is 1. The summed E-state index contributed by atoms with van der Waals surface area (Å²) in [4.78, 5) is 4.65. The molecule has 2 rings (SSSR count). The van der Waals surface area contributed by atoms with Crippen LogP contribution in [0.4, 0.5) is 0 Å². The van der Waals surface area contributed by atoms with Crippen LogP contribution in [0.5, 0.6) is 11.5 Å². The van der Waals surface area contributed by atoms with Crippen molar-refractivity contribution in [1.29, 1.82) is 0 Å². The second-order valence-electron chi connectivity index (χ2n) is 5.01. The zero-order chi connectivity index (χ0) is 14.9. The predicted octanol–water partition coefficient (Wildman–Crippen LogP) is 4.76. The molecule has 2 aromatic rings. The van der Waals surface area contributed by atoms with Crippen molar-refractivity contribution < 1.29 is 9.47 Å². The molecule has 20 heavy (non-hydrogen) atoms. The van der Waals surface area contributed by atoms with E-state index in [4.69, 9.17) is 32.7 Å². The third kappa shape index (κ3) is 2.79. The highest BCUT2D eigenvalue weighted by Crippen LogP contribution is 2.42. The van der Waals surface area contributed by atoms with Crippen LogP contribution in [0.1, 0.15) is 19.5 Å². The summed E-state index contributed by atoms with van der Waals surface area (Å²) < 4.78 is 10.7.